The predicted octanol–water partition coefficient (Wildman–Crippen LogP) is 3.97. The maximum Gasteiger partial charge on any atom is 0.331 e. The highest BCUT2D eigenvalue weighted by Crippen LogP contribution is 2.27. The fraction of sp³-hybridized carbons (Fsp3) is 0.542. The van der Waals surface area contributed by atoms with Gasteiger partial charge in [-0.15, -0.1) is 0 Å². The number of amides is 1. The monoisotopic (exact) mass is 409 g/mol. The average Bonchev–Trinajstić information content (AvgIpc) is 3.07. The molecule has 6 nitrogen and oxygen atoms in total. The van der Waals surface area contributed by atoms with E-state index in [1.165, 1.54) is 37.4 Å². The van der Waals surface area contributed by atoms with Crippen LogP contribution in [0.1, 0.15) is 63.4 Å². The summed E-state index contributed by atoms with van der Waals surface area (Å²) < 4.78 is 5.03. The van der Waals surface area contributed by atoms with Crippen molar-refractivity contribution in [2.24, 2.45) is 0 Å². The molecule has 1 aromatic carbocycles. The fourth-order valence-electron chi connectivity index (χ4n) is 4.20. The van der Waals surface area contributed by atoms with Crippen LogP contribution in [0.3, 0.4) is 0 Å². The largest absolute Gasteiger partial charge is 0.452 e. The molecule has 1 amide bonds. The van der Waals surface area contributed by atoms with E-state index < -0.39 is 17.4 Å². The molecule has 1 N–H and O–H groups in total. The van der Waals surface area contributed by atoms with Crippen LogP contribution in [0.4, 0.5) is 5.69 Å². The zero-order valence-electron chi connectivity index (χ0n) is 17.6. The summed E-state index contributed by atoms with van der Waals surface area (Å²) in [4.78, 5) is 26.5. The molecule has 0 radical (unpaired) electrons. The van der Waals surface area contributed by atoms with Gasteiger partial charge in [-0.2, -0.15) is 5.26 Å². The summed E-state index contributed by atoms with van der Waals surface area (Å²) in [5.74, 6) is -1.00. The lowest BCUT2D eigenvalue weighted by molar-refractivity contribution is -0.144. The van der Waals surface area contributed by atoms with Crippen molar-refractivity contribution in [1.82, 2.24) is 5.32 Å². The Bertz CT molecular complexity index is 781. The molecular weight excluding hydrogens is 378 g/mol. The summed E-state index contributed by atoms with van der Waals surface area (Å²) in [5, 5.41) is 12.2. The van der Waals surface area contributed by atoms with Crippen LogP contribution in [0.15, 0.2) is 30.3 Å². The van der Waals surface area contributed by atoms with E-state index in [9.17, 15) is 14.9 Å². The molecule has 1 saturated heterocycles. The van der Waals surface area contributed by atoms with E-state index >= 15 is 0 Å². The summed E-state index contributed by atoms with van der Waals surface area (Å²) >= 11 is 0. The number of nitrogens with zero attached hydrogens (tertiary/aromatic N) is 2. The van der Waals surface area contributed by atoms with Crippen LogP contribution in [0, 0.1) is 11.3 Å². The number of nitriles is 1. The number of esters is 1. The third-order valence-electron chi connectivity index (χ3n) is 5.92. The quantitative estimate of drug-likeness (QED) is 0.568. The molecule has 1 aromatic rings. The first-order valence-corrected chi connectivity index (χ1v) is 11.0. The maximum atomic E-state index is 12.1. The maximum absolute atomic E-state index is 12.1. The van der Waals surface area contributed by atoms with Gasteiger partial charge < -0.3 is 15.0 Å². The van der Waals surface area contributed by atoms with E-state index in [0.29, 0.717) is 12.8 Å². The van der Waals surface area contributed by atoms with Gasteiger partial charge in [0.05, 0.1) is 6.07 Å². The molecule has 0 bridgehead atoms. The Morgan fingerprint density at radius 2 is 1.67 bits per heavy atom. The van der Waals surface area contributed by atoms with E-state index in [1.807, 2.05) is 12.1 Å². The Labute approximate surface area is 178 Å². The van der Waals surface area contributed by atoms with E-state index in [2.05, 4.69) is 28.4 Å². The minimum absolute atomic E-state index is 0.375. The molecule has 2 fully saturated rings. The molecule has 0 spiro atoms. The highest BCUT2D eigenvalue weighted by molar-refractivity contribution is 5.89. The molecular formula is C24H31N3O3. The molecule has 1 saturated carbocycles. The fourth-order valence-corrected chi connectivity index (χ4v) is 4.20. The minimum Gasteiger partial charge on any atom is -0.452 e. The Balaban J connectivity index is 1.45. The number of rotatable bonds is 6. The van der Waals surface area contributed by atoms with E-state index in [1.54, 1.807) is 6.08 Å². The highest BCUT2D eigenvalue weighted by atomic mass is 16.5. The average molecular weight is 410 g/mol. The zero-order chi connectivity index (χ0) is 21.2. The van der Waals surface area contributed by atoms with E-state index in [0.717, 1.165) is 37.9 Å². The van der Waals surface area contributed by atoms with Crippen LogP contribution in [0.25, 0.3) is 6.08 Å². The topological polar surface area (TPSA) is 82.4 Å². The molecule has 3 rings (SSSR count). The van der Waals surface area contributed by atoms with Crippen LogP contribution in [-0.2, 0) is 14.3 Å². The predicted molar refractivity (Wildman–Crippen MR) is 117 cm³/mol. The molecule has 0 aromatic heterocycles. The number of hydrogen-bond acceptors (Lipinski definition) is 5. The first kappa shape index (κ1) is 21.9. The van der Waals surface area contributed by atoms with Crippen LogP contribution in [0.5, 0.6) is 0 Å². The van der Waals surface area contributed by atoms with Crippen molar-refractivity contribution in [3.63, 3.8) is 0 Å². The lowest BCUT2D eigenvalue weighted by Gasteiger charge is -2.31. The first-order chi connectivity index (χ1) is 14.6. The van der Waals surface area contributed by atoms with Crippen LogP contribution >= 0.6 is 0 Å². The smallest absolute Gasteiger partial charge is 0.331 e. The van der Waals surface area contributed by atoms with Crippen molar-refractivity contribution in [2.75, 3.05) is 24.6 Å². The van der Waals surface area contributed by atoms with Gasteiger partial charge in [-0.1, -0.05) is 44.2 Å². The molecule has 0 atom stereocenters. The first-order valence-electron chi connectivity index (χ1n) is 11.0. The highest BCUT2D eigenvalue weighted by Gasteiger charge is 2.33. The van der Waals surface area contributed by atoms with Gasteiger partial charge in [-0.3, -0.25) is 4.79 Å². The second-order valence-electron chi connectivity index (χ2n) is 8.24. The minimum atomic E-state index is -0.813. The van der Waals surface area contributed by atoms with Crippen molar-refractivity contribution in [3.8, 4) is 6.07 Å². The molecule has 0 unspecified atom stereocenters. The molecule has 30 heavy (non-hydrogen) atoms. The van der Waals surface area contributed by atoms with Gasteiger partial charge in [-0.05, 0) is 49.5 Å². The number of anilines is 1. The van der Waals surface area contributed by atoms with Crippen molar-refractivity contribution in [3.05, 3.63) is 35.9 Å². The van der Waals surface area contributed by atoms with Crippen molar-refractivity contribution < 1.29 is 14.3 Å². The normalized spacial score (nSPS) is 19.0. The number of hydrogen-bond donors (Lipinski definition) is 1. The Hall–Kier alpha value is -2.81. The van der Waals surface area contributed by atoms with E-state index in [-0.39, 0.29) is 6.61 Å². The van der Waals surface area contributed by atoms with Gasteiger partial charge in [0.1, 0.15) is 5.54 Å². The third kappa shape index (κ3) is 6.35. The summed E-state index contributed by atoms with van der Waals surface area (Å²) in [5.41, 5.74) is 1.30. The van der Waals surface area contributed by atoms with Gasteiger partial charge in [0, 0.05) is 24.9 Å². The number of nitrogens with one attached hydrogen (secondary N) is 1. The SMILES string of the molecule is N#CC1(NC(=O)COC(=O)/C=C/c2ccc(N3CCCCCC3)cc2)CCCCC1. The van der Waals surface area contributed by atoms with Crippen LogP contribution in [0.2, 0.25) is 0 Å². The summed E-state index contributed by atoms with van der Waals surface area (Å²) in [6.45, 7) is 1.81. The van der Waals surface area contributed by atoms with Crippen molar-refractivity contribution in [1.29, 1.82) is 5.26 Å². The molecule has 2 aliphatic rings. The Morgan fingerprint density at radius 1 is 1.03 bits per heavy atom. The standard InChI is InChI=1S/C24H31N3O3/c25-19-24(14-4-3-5-15-24)26-22(28)18-30-23(29)13-10-20-8-11-21(12-9-20)27-16-6-1-2-7-17-27/h8-13H,1-7,14-18H2,(H,26,28)/b13-10+. The zero-order valence-corrected chi connectivity index (χ0v) is 17.6. The van der Waals surface area contributed by atoms with Gasteiger partial charge in [0.15, 0.2) is 6.61 Å². The summed E-state index contributed by atoms with van der Waals surface area (Å²) in [7, 11) is 0. The molecule has 1 heterocycles. The van der Waals surface area contributed by atoms with Gasteiger partial charge in [-0.25, -0.2) is 4.79 Å². The van der Waals surface area contributed by atoms with Crippen LogP contribution < -0.4 is 10.2 Å². The second-order valence-corrected chi connectivity index (χ2v) is 8.24. The Kier molecular flexibility index (Phi) is 7.89. The molecule has 6 heteroatoms. The number of carbonyl (C=O) groups excluding carboxylic acids is 2. The van der Waals surface area contributed by atoms with Gasteiger partial charge >= 0.3 is 5.97 Å². The number of carbonyl (C=O) groups is 2. The number of ether oxygens (including phenoxy) is 1. The molecule has 1 aliphatic carbocycles. The third-order valence-corrected chi connectivity index (χ3v) is 5.92. The number of benzene rings is 1. The van der Waals surface area contributed by atoms with Crippen molar-refractivity contribution >= 4 is 23.6 Å². The van der Waals surface area contributed by atoms with Crippen molar-refractivity contribution in [2.45, 2.75) is 63.3 Å². The second kappa shape index (κ2) is 10.8. The van der Waals surface area contributed by atoms with Gasteiger partial charge in [0.2, 0.25) is 0 Å². The van der Waals surface area contributed by atoms with E-state index in [4.69, 9.17) is 4.74 Å². The molecule has 1 aliphatic heterocycles. The van der Waals surface area contributed by atoms with Gasteiger partial charge in [0.25, 0.3) is 5.91 Å². The van der Waals surface area contributed by atoms with Crippen LogP contribution in [-0.4, -0.2) is 37.1 Å². The molecule has 160 valence electrons. The summed E-state index contributed by atoms with van der Waals surface area (Å²) in [6.07, 6.45) is 12.3. The lowest BCUT2D eigenvalue weighted by Crippen LogP contribution is -2.49. The summed E-state index contributed by atoms with van der Waals surface area (Å²) in [6, 6.07) is 10.3. The Morgan fingerprint density at radius 3 is 2.30 bits per heavy atom. The lowest BCUT2D eigenvalue weighted by atomic mass is 9.83.